The fourth-order valence-electron chi connectivity index (χ4n) is 7.18. The summed E-state index contributed by atoms with van der Waals surface area (Å²) < 4.78 is 18.2. The number of methoxy groups -OCH3 is 1. The van der Waals surface area contributed by atoms with Crippen molar-refractivity contribution in [3.63, 3.8) is 0 Å². The molecule has 0 unspecified atom stereocenters. The topological polar surface area (TPSA) is 135 Å². The van der Waals surface area contributed by atoms with Crippen molar-refractivity contribution in [3.8, 4) is 0 Å². The van der Waals surface area contributed by atoms with Crippen molar-refractivity contribution < 1.29 is 38.5 Å². The van der Waals surface area contributed by atoms with Crippen molar-refractivity contribution in [2.75, 3.05) is 26.9 Å². The van der Waals surface area contributed by atoms with Crippen molar-refractivity contribution in [2.24, 2.45) is 11.8 Å². The Morgan fingerprint density at radius 1 is 1.20 bits per heavy atom. The van der Waals surface area contributed by atoms with Gasteiger partial charge < -0.3 is 34.4 Å². The zero-order valence-electron chi connectivity index (χ0n) is 26.7. The highest BCUT2D eigenvalue weighted by Gasteiger charge is 2.75. The van der Waals surface area contributed by atoms with Gasteiger partial charge in [-0.25, -0.2) is 0 Å². The predicted molar refractivity (Wildman–Crippen MR) is 167 cm³/mol. The Hall–Kier alpha value is -3.54. The van der Waals surface area contributed by atoms with Gasteiger partial charge in [0.1, 0.15) is 17.7 Å². The summed E-state index contributed by atoms with van der Waals surface area (Å²) in [6, 6.07) is 6.46. The molecule has 3 aliphatic rings. The molecule has 45 heavy (non-hydrogen) atoms. The molecule has 3 amide bonds. The summed E-state index contributed by atoms with van der Waals surface area (Å²) in [5.41, 5.74) is -0.595. The smallest absolute Gasteiger partial charge is 0.313 e. The molecular weight excluding hydrogens is 578 g/mol. The Morgan fingerprint density at radius 3 is 2.51 bits per heavy atom. The number of aliphatic hydroxyl groups excluding tert-OH is 1. The Balaban J connectivity index is 1.70. The van der Waals surface area contributed by atoms with Crippen LogP contribution in [0.1, 0.15) is 58.1 Å². The zero-order chi connectivity index (χ0) is 32.9. The van der Waals surface area contributed by atoms with E-state index >= 15 is 0 Å². The van der Waals surface area contributed by atoms with E-state index in [1.807, 2.05) is 32.0 Å². The van der Waals surface area contributed by atoms with E-state index < -0.39 is 59.6 Å². The highest BCUT2D eigenvalue weighted by molar-refractivity contribution is 5.98. The molecular formula is C34H47N3O8. The second-order valence-corrected chi connectivity index (χ2v) is 12.4. The summed E-state index contributed by atoms with van der Waals surface area (Å²) in [4.78, 5) is 58.5. The van der Waals surface area contributed by atoms with Gasteiger partial charge in [-0.15, -0.1) is 13.2 Å². The number of hydrogen-bond donors (Lipinski definition) is 2. The number of carbonyl (C=O) groups excluding carboxylic acids is 4. The van der Waals surface area contributed by atoms with E-state index in [-0.39, 0.29) is 44.0 Å². The number of nitrogens with zero attached hydrogens (tertiary/aromatic N) is 2. The molecule has 3 aliphatic heterocycles. The predicted octanol–water partition coefficient (Wildman–Crippen LogP) is 2.55. The van der Waals surface area contributed by atoms with Gasteiger partial charge in [-0.05, 0) is 45.6 Å². The lowest BCUT2D eigenvalue weighted by Crippen LogP contribution is -2.59. The van der Waals surface area contributed by atoms with E-state index in [0.29, 0.717) is 24.8 Å². The van der Waals surface area contributed by atoms with Crippen LogP contribution in [-0.2, 0) is 33.4 Å². The molecule has 1 aromatic carbocycles. The van der Waals surface area contributed by atoms with Crippen LogP contribution in [-0.4, -0.2) is 101 Å². The van der Waals surface area contributed by atoms with Gasteiger partial charge in [-0.2, -0.15) is 0 Å². The van der Waals surface area contributed by atoms with Gasteiger partial charge in [-0.1, -0.05) is 42.5 Å². The molecule has 1 spiro atoms. The lowest BCUT2D eigenvalue weighted by atomic mass is 9.70. The van der Waals surface area contributed by atoms with Crippen LogP contribution >= 0.6 is 0 Å². The largest absolute Gasteiger partial charge is 0.455 e. The highest BCUT2D eigenvalue weighted by atomic mass is 16.6. The van der Waals surface area contributed by atoms with Crippen LogP contribution in [0.4, 0.5) is 0 Å². The minimum Gasteiger partial charge on any atom is -0.455 e. The molecule has 4 rings (SSSR count). The molecule has 0 aromatic heterocycles. The van der Waals surface area contributed by atoms with Gasteiger partial charge in [0.25, 0.3) is 0 Å². The number of amides is 3. The molecule has 1 aromatic rings. The average molecular weight is 626 g/mol. The summed E-state index contributed by atoms with van der Waals surface area (Å²) in [6.07, 6.45) is 3.31. The summed E-state index contributed by atoms with van der Waals surface area (Å²) in [5, 5.41) is 13.1. The summed E-state index contributed by atoms with van der Waals surface area (Å²) in [6.45, 7) is 12.9. The Morgan fingerprint density at radius 2 is 1.91 bits per heavy atom. The van der Waals surface area contributed by atoms with Crippen LogP contribution in [0.5, 0.6) is 0 Å². The van der Waals surface area contributed by atoms with Gasteiger partial charge in [0.2, 0.25) is 17.7 Å². The van der Waals surface area contributed by atoms with Crippen LogP contribution in [0, 0.1) is 11.8 Å². The number of esters is 1. The third-order valence-electron chi connectivity index (χ3n) is 9.22. The van der Waals surface area contributed by atoms with Gasteiger partial charge in [-0.3, -0.25) is 19.2 Å². The second-order valence-electron chi connectivity index (χ2n) is 12.4. The maximum absolute atomic E-state index is 14.2. The first-order valence-corrected chi connectivity index (χ1v) is 15.7. The first-order valence-electron chi connectivity index (χ1n) is 15.7. The van der Waals surface area contributed by atoms with Gasteiger partial charge in [0, 0.05) is 26.1 Å². The van der Waals surface area contributed by atoms with E-state index in [1.165, 1.54) is 12.0 Å². The van der Waals surface area contributed by atoms with Gasteiger partial charge in [0.15, 0.2) is 0 Å². The molecule has 246 valence electrons. The number of fused-ring (bicyclic) bond motifs is 1. The van der Waals surface area contributed by atoms with Crippen molar-refractivity contribution in [1.29, 1.82) is 0 Å². The number of allylic oxidation sites excluding steroid dienone is 1. The molecule has 0 saturated carbocycles. The van der Waals surface area contributed by atoms with Crippen LogP contribution in [0.3, 0.4) is 0 Å². The van der Waals surface area contributed by atoms with Crippen molar-refractivity contribution >= 4 is 23.7 Å². The number of likely N-dealkylation sites (tertiary alicyclic amines) is 1. The van der Waals surface area contributed by atoms with E-state index in [9.17, 15) is 24.3 Å². The van der Waals surface area contributed by atoms with E-state index in [4.69, 9.17) is 14.2 Å². The lowest BCUT2D eigenvalue weighted by Gasteiger charge is -2.39. The van der Waals surface area contributed by atoms with Crippen molar-refractivity contribution in [2.45, 2.75) is 88.4 Å². The summed E-state index contributed by atoms with van der Waals surface area (Å²) in [5.74, 6) is -3.55. The zero-order valence-corrected chi connectivity index (χ0v) is 26.7. The third kappa shape index (κ3) is 6.57. The first-order chi connectivity index (χ1) is 21.6. The molecule has 8 atom stereocenters. The third-order valence-corrected chi connectivity index (χ3v) is 9.22. The number of ether oxygens (including phenoxy) is 3. The number of rotatable bonds is 16. The second kappa shape index (κ2) is 14.7. The fraction of sp³-hybridized carbons (Fsp3) is 0.588. The lowest BCUT2D eigenvalue weighted by molar-refractivity contribution is -0.163. The van der Waals surface area contributed by atoms with E-state index in [2.05, 4.69) is 18.5 Å². The normalized spacial score (nSPS) is 27.1. The molecule has 3 heterocycles. The Bertz CT molecular complexity index is 1260. The molecule has 3 fully saturated rings. The molecule has 0 aliphatic carbocycles. The molecule has 11 nitrogen and oxygen atoms in total. The maximum atomic E-state index is 14.2. The Labute approximate surface area is 265 Å². The molecule has 2 N–H and O–H groups in total. The van der Waals surface area contributed by atoms with E-state index in [1.54, 1.807) is 36.1 Å². The maximum Gasteiger partial charge on any atom is 0.313 e. The fourth-order valence-corrected chi connectivity index (χ4v) is 7.18. The number of carbonyl (C=O) groups is 4. The quantitative estimate of drug-likeness (QED) is 0.212. The summed E-state index contributed by atoms with van der Waals surface area (Å²) >= 11 is 0. The number of hydrogen-bond acceptors (Lipinski definition) is 8. The van der Waals surface area contributed by atoms with Crippen molar-refractivity contribution in [3.05, 3.63) is 61.2 Å². The standard InChI is InChI=1S/C34H47N3O8/c1-7-9-15-26(39)35-24(20-43-6)29(23-13-11-10-12-14-23)44-33(42)27-25-16-17-34(45-25)28(27)31(40)37(22(5)19-38)30(34)32(41)36(18-8-2)21(3)4/h7-8,10-14,21-22,24-25,27-30,38H,1-2,9,15-20H2,3-6H3,(H,35,39)/t22-,24+,25+,27-,28-,29+,30+,34-/m1/s1. The first kappa shape index (κ1) is 34.3. The average Bonchev–Trinajstić information content (AvgIpc) is 3.68. The van der Waals surface area contributed by atoms with Crippen LogP contribution < -0.4 is 5.32 Å². The molecule has 11 heteroatoms. The van der Waals surface area contributed by atoms with E-state index in [0.717, 1.165) is 0 Å². The van der Waals surface area contributed by atoms with Crippen LogP contribution in [0.2, 0.25) is 0 Å². The minimum absolute atomic E-state index is 0.0657. The van der Waals surface area contributed by atoms with Crippen molar-refractivity contribution in [1.82, 2.24) is 15.1 Å². The number of aliphatic hydroxyl groups is 1. The van der Waals surface area contributed by atoms with Gasteiger partial charge in [0.05, 0.1) is 43.2 Å². The van der Waals surface area contributed by atoms with Crippen LogP contribution in [0.25, 0.3) is 0 Å². The molecule has 3 saturated heterocycles. The number of benzene rings is 1. The van der Waals surface area contributed by atoms with Gasteiger partial charge >= 0.3 is 5.97 Å². The number of nitrogens with one attached hydrogen (secondary N) is 1. The summed E-state index contributed by atoms with van der Waals surface area (Å²) in [7, 11) is 1.50. The monoisotopic (exact) mass is 625 g/mol. The molecule has 2 bridgehead atoms. The SMILES string of the molecule is C=CCCC(=O)N[C@@H](COC)[C@@H](OC(=O)[C@@H]1[C@@H]2CC[C@]3(O2)[C@H](C(=O)N(CC=C)C(C)C)N([C@H](C)CO)C(=O)[C@@H]13)c1ccccc1. The highest BCUT2D eigenvalue weighted by Crippen LogP contribution is 2.59. The minimum atomic E-state index is -1.24. The Kier molecular flexibility index (Phi) is 11.2. The van der Waals surface area contributed by atoms with Crippen LogP contribution in [0.15, 0.2) is 55.6 Å². The molecule has 0 radical (unpaired) electrons.